The van der Waals surface area contributed by atoms with Crippen LogP contribution in [0.25, 0.3) is 0 Å². The fraction of sp³-hybridized carbons (Fsp3) is 0.897. The van der Waals surface area contributed by atoms with Crippen LogP contribution in [-0.2, 0) is 28.6 Å². The molecule has 0 spiro atoms. The largest absolute Gasteiger partial charge is 0.481 e. The lowest BCUT2D eigenvalue weighted by Crippen LogP contribution is -2.29. The van der Waals surface area contributed by atoms with Crippen LogP contribution in [0.1, 0.15) is 66.2 Å². The summed E-state index contributed by atoms with van der Waals surface area (Å²) in [5.74, 6) is -1.62. The highest BCUT2D eigenvalue weighted by molar-refractivity contribution is 5.71. The van der Waals surface area contributed by atoms with Gasteiger partial charge in [0.05, 0.1) is 74.2 Å². The van der Waals surface area contributed by atoms with E-state index in [1.54, 1.807) is 6.92 Å². The van der Waals surface area contributed by atoms with Gasteiger partial charge in [0.1, 0.15) is 0 Å². The smallest absolute Gasteiger partial charge is 0.306 e. The van der Waals surface area contributed by atoms with E-state index in [0.717, 1.165) is 38.5 Å². The lowest BCUT2D eigenvalue weighted by atomic mass is 9.81. The molecule has 236 valence electrons. The summed E-state index contributed by atoms with van der Waals surface area (Å²) in [6, 6.07) is 0. The Morgan fingerprint density at radius 2 is 0.756 bits per heavy atom. The van der Waals surface area contributed by atoms with Crippen molar-refractivity contribution in [1.82, 2.24) is 0 Å². The molecule has 12 heteroatoms. The maximum absolute atomic E-state index is 10.7. The highest BCUT2D eigenvalue weighted by atomic mass is 16.6. The van der Waals surface area contributed by atoms with Crippen molar-refractivity contribution in [2.45, 2.75) is 103 Å². The number of carbonyl (C=O) groups is 3. The number of aliphatic hydroxyl groups is 3. The first kappa shape index (κ1) is 33.7. The number of aliphatic hydroxyl groups excluding tert-OH is 3. The summed E-state index contributed by atoms with van der Waals surface area (Å²) < 4.78 is 15.8. The van der Waals surface area contributed by atoms with Crippen molar-refractivity contribution in [3.05, 3.63) is 0 Å². The van der Waals surface area contributed by atoms with Gasteiger partial charge in [0, 0.05) is 5.41 Å². The molecule has 6 N–H and O–H groups in total. The molecule has 3 heterocycles. The van der Waals surface area contributed by atoms with Gasteiger partial charge in [0.15, 0.2) is 0 Å². The van der Waals surface area contributed by atoms with Gasteiger partial charge in [-0.25, -0.2) is 0 Å². The molecular formula is C29H48O12. The fourth-order valence-corrected chi connectivity index (χ4v) is 6.00. The van der Waals surface area contributed by atoms with E-state index < -0.39 is 23.3 Å². The predicted molar refractivity (Wildman–Crippen MR) is 144 cm³/mol. The van der Waals surface area contributed by atoms with Crippen molar-refractivity contribution in [2.75, 3.05) is 19.8 Å². The van der Waals surface area contributed by atoms with Gasteiger partial charge in [-0.3, -0.25) is 14.4 Å². The van der Waals surface area contributed by atoms with Gasteiger partial charge in [-0.15, -0.1) is 0 Å². The summed E-state index contributed by atoms with van der Waals surface area (Å²) in [4.78, 5) is 32.0. The summed E-state index contributed by atoms with van der Waals surface area (Å²) in [6.45, 7) is 7.05. The number of carboxylic acids is 3. The summed E-state index contributed by atoms with van der Waals surface area (Å²) in [5.41, 5.74) is -0.708. The maximum atomic E-state index is 10.7. The average Bonchev–Trinajstić information content (AvgIpc) is 3.82. The molecule has 3 aliphatic heterocycles. The van der Waals surface area contributed by atoms with Gasteiger partial charge in [-0.05, 0) is 56.3 Å². The van der Waals surface area contributed by atoms with Crippen molar-refractivity contribution in [1.29, 1.82) is 0 Å². The number of epoxide rings is 3. The highest BCUT2D eigenvalue weighted by Gasteiger charge is 2.50. The Balaban J connectivity index is 0.000000152. The van der Waals surface area contributed by atoms with E-state index in [1.807, 2.05) is 20.8 Å². The minimum Gasteiger partial charge on any atom is -0.481 e. The molecule has 6 aliphatic rings. The summed E-state index contributed by atoms with van der Waals surface area (Å²) in [5, 5.41) is 51.8. The zero-order valence-corrected chi connectivity index (χ0v) is 24.4. The molecule has 6 fully saturated rings. The van der Waals surface area contributed by atoms with E-state index in [-0.39, 0.29) is 73.6 Å². The van der Waals surface area contributed by atoms with Crippen LogP contribution >= 0.6 is 0 Å². The van der Waals surface area contributed by atoms with E-state index in [2.05, 4.69) is 0 Å². The first-order valence-corrected chi connectivity index (χ1v) is 14.7. The van der Waals surface area contributed by atoms with Crippen molar-refractivity contribution in [3.8, 4) is 0 Å². The first-order valence-electron chi connectivity index (χ1n) is 14.7. The number of hydrogen-bond donors (Lipinski definition) is 6. The third-order valence-electron chi connectivity index (χ3n) is 9.49. The zero-order chi connectivity index (χ0) is 30.6. The van der Waals surface area contributed by atoms with Gasteiger partial charge in [-0.1, -0.05) is 27.7 Å². The number of carboxylic acid groups (broad SMARTS) is 3. The lowest BCUT2D eigenvalue weighted by Gasteiger charge is -2.21. The molecule has 12 atom stereocenters. The Bertz CT molecular complexity index is 798. The molecule has 3 saturated carbocycles. The highest BCUT2D eigenvalue weighted by Crippen LogP contribution is 2.44. The monoisotopic (exact) mass is 588 g/mol. The predicted octanol–water partition coefficient (Wildman–Crippen LogP) is 1.62. The zero-order valence-electron chi connectivity index (χ0n) is 24.4. The summed E-state index contributed by atoms with van der Waals surface area (Å²) in [6.07, 6.45) is 6.95. The number of aliphatic carboxylic acids is 3. The second-order valence-electron chi connectivity index (χ2n) is 13.1. The SMILES string of the molecule is CC(CO)(CO)CO.CC1CC2OC2CC1C(=O)O.CC1CC2OC2CC1C(=O)O.CC1CC2OC2CC1C(=O)O. The van der Waals surface area contributed by atoms with Gasteiger partial charge in [-0.2, -0.15) is 0 Å². The Kier molecular flexibility index (Phi) is 11.6. The normalized spacial score (nSPS) is 41.0. The van der Waals surface area contributed by atoms with Crippen LogP contribution in [-0.4, -0.2) is 105 Å². The molecule has 3 aliphatic carbocycles. The minimum atomic E-state index is -0.708. The van der Waals surface area contributed by atoms with E-state index in [9.17, 15) is 14.4 Å². The third kappa shape index (κ3) is 9.33. The Hall–Kier alpha value is -1.83. The van der Waals surface area contributed by atoms with Crippen LogP contribution in [0.3, 0.4) is 0 Å². The van der Waals surface area contributed by atoms with Crippen LogP contribution < -0.4 is 0 Å². The standard InChI is InChI=1S/3C8H12O3.C5H12O3/c3*1-4-2-6-7(11-6)3-5(4)8(9)10;1-5(2-6,3-7)4-8/h3*4-7H,2-3H2,1H3,(H,9,10);6-8H,2-4H2,1H3. The maximum Gasteiger partial charge on any atom is 0.306 e. The molecular weight excluding hydrogens is 540 g/mol. The number of ether oxygens (including phenoxy) is 3. The van der Waals surface area contributed by atoms with Crippen molar-refractivity contribution in [3.63, 3.8) is 0 Å². The van der Waals surface area contributed by atoms with Crippen LogP contribution in [0.4, 0.5) is 0 Å². The second kappa shape index (κ2) is 14.1. The number of fused-ring (bicyclic) bond motifs is 3. The minimum absolute atomic E-state index is 0.168. The van der Waals surface area contributed by atoms with Crippen molar-refractivity contribution < 1.29 is 59.2 Å². The van der Waals surface area contributed by atoms with Crippen LogP contribution in [0, 0.1) is 40.9 Å². The number of rotatable bonds is 6. The molecule has 0 aromatic heterocycles. The fourth-order valence-electron chi connectivity index (χ4n) is 6.00. The molecule has 3 saturated heterocycles. The summed E-state index contributed by atoms with van der Waals surface area (Å²) >= 11 is 0. The third-order valence-corrected chi connectivity index (χ3v) is 9.49. The van der Waals surface area contributed by atoms with Crippen molar-refractivity contribution in [2.24, 2.45) is 40.9 Å². The van der Waals surface area contributed by atoms with E-state index >= 15 is 0 Å². The molecule has 0 aromatic carbocycles. The molecule has 12 unspecified atom stereocenters. The van der Waals surface area contributed by atoms with Crippen LogP contribution in [0.15, 0.2) is 0 Å². The van der Waals surface area contributed by atoms with Crippen LogP contribution in [0.2, 0.25) is 0 Å². The van der Waals surface area contributed by atoms with E-state index in [0.29, 0.717) is 18.3 Å². The van der Waals surface area contributed by atoms with Gasteiger partial charge in [0.2, 0.25) is 0 Å². The van der Waals surface area contributed by atoms with Gasteiger partial charge in [0.25, 0.3) is 0 Å². The second-order valence-corrected chi connectivity index (χ2v) is 13.1. The molecule has 0 bridgehead atoms. The molecule has 41 heavy (non-hydrogen) atoms. The molecule has 12 nitrogen and oxygen atoms in total. The quantitative estimate of drug-likeness (QED) is 0.245. The lowest BCUT2D eigenvalue weighted by molar-refractivity contribution is -0.145. The molecule has 0 radical (unpaired) electrons. The van der Waals surface area contributed by atoms with Gasteiger partial charge < -0.3 is 44.8 Å². The Labute approximate surface area is 241 Å². The Morgan fingerprint density at radius 1 is 0.537 bits per heavy atom. The molecule has 0 amide bonds. The first-order chi connectivity index (χ1) is 19.2. The van der Waals surface area contributed by atoms with Crippen molar-refractivity contribution >= 4 is 17.9 Å². The molecule has 6 rings (SSSR count). The average molecular weight is 589 g/mol. The summed E-state index contributed by atoms with van der Waals surface area (Å²) in [7, 11) is 0. The molecule has 0 aromatic rings. The Morgan fingerprint density at radius 3 is 0.927 bits per heavy atom. The topological polar surface area (TPSA) is 210 Å². The van der Waals surface area contributed by atoms with E-state index in [4.69, 9.17) is 44.8 Å². The van der Waals surface area contributed by atoms with E-state index in [1.165, 1.54) is 0 Å². The number of hydrogen-bond acceptors (Lipinski definition) is 9. The van der Waals surface area contributed by atoms with Crippen LogP contribution in [0.5, 0.6) is 0 Å². The van der Waals surface area contributed by atoms with Gasteiger partial charge >= 0.3 is 17.9 Å².